The Balaban J connectivity index is 2.10. The van der Waals surface area contributed by atoms with Gasteiger partial charge in [0.2, 0.25) is 0 Å². The molecule has 2 aromatic rings. The molecule has 1 heterocycles. The van der Waals surface area contributed by atoms with Crippen molar-refractivity contribution in [2.24, 2.45) is 0 Å². The van der Waals surface area contributed by atoms with E-state index in [9.17, 15) is 13.6 Å². The maximum atomic E-state index is 14.1. The van der Waals surface area contributed by atoms with E-state index in [1.165, 1.54) is 4.57 Å². The minimum absolute atomic E-state index is 0.00292. The molecule has 0 amide bonds. The first-order valence-corrected chi connectivity index (χ1v) is 13.7. The second-order valence-electron chi connectivity index (χ2n) is 11.3. The van der Waals surface area contributed by atoms with Crippen LogP contribution in [0.15, 0.2) is 18.3 Å². The number of carbonyl (C=O) groups is 1. The van der Waals surface area contributed by atoms with Crippen molar-refractivity contribution in [3.05, 3.63) is 35.0 Å². The Morgan fingerprint density at radius 3 is 2.29 bits per heavy atom. The van der Waals surface area contributed by atoms with Gasteiger partial charge in [0.25, 0.3) is 5.92 Å². The van der Waals surface area contributed by atoms with Gasteiger partial charge < -0.3 is 9.16 Å². The molecule has 1 aromatic carbocycles. The SMILES string of the molecule is Cc1cc(C2CC2(F)F)c(CO[Si](C)(C)C(C)(C)C)c2ccn(C(=O)OC(C)(C)C)c12. The molecule has 0 saturated heterocycles. The monoisotopic (exact) mass is 451 g/mol. The molecule has 4 nitrogen and oxygen atoms in total. The van der Waals surface area contributed by atoms with E-state index in [0.717, 1.165) is 16.5 Å². The van der Waals surface area contributed by atoms with Crippen LogP contribution in [0.1, 0.15) is 70.6 Å². The molecular formula is C24H35F2NO3Si. The van der Waals surface area contributed by atoms with Crippen LogP contribution in [0, 0.1) is 6.92 Å². The fraction of sp³-hybridized carbons (Fsp3) is 0.625. The Bertz CT molecular complexity index is 1010. The first-order valence-electron chi connectivity index (χ1n) is 10.8. The predicted molar refractivity (Wildman–Crippen MR) is 123 cm³/mol. The van der Waals surface area contributed by atoms with Crippen molar-refractivity contribution in [1.29, 1.82) is 0 Å². The Morgan fingerprint density at radius 1 is 1.23 bits per heavy atom. The zero-order chi connectivity index (χ0) is 23.6. The largest absolute Gasteiger partial charge is 0.443 e. The van der Waals surface area contributed by atoms with E-state index in [1.54, 1.807) is 12.3 Å². The van der Waals surface area contributed by atoms with Gasteiger partial charge in [-0.3, -0.25) is 4.57 Å². The third kappa shape index (κ3) is 4.72. The highest BCUT2D eigenvalue weighted by Gasteiger charge is 2.58. The smallest absolute Gasteiger partial charge is 0.418 e. The summed E-state index contributed by atoms with van der Waals surface area (Å²) in [5.74, 6) is -3.47. The van der Waals surface area contributed by atoms with Crippen LogP contribution in [0.25, 0.3) is 10.9 Å². The number of aryl methyl sites for hydroxylation is 1. The molecule has 1 fully saturated rings. The summed E-state index contributed by atoms with van der Waals surface area (Å²) < 4.78 is 41.6. The highest BCUT2D eigenvalue weighted by molar-refractivity contribution is 6.74. The summed E-state index contributed by atoms with van der Waals surface area (Å²) in [6, 6.07) is 3.62. The van der Waals surface area contributed by atoms with E-state index in [1.807, 2.05) is 33.8 Å². The summed E-state index contributed by atoms with van der Waals surface area (Å²) in [6.45, 7) is 18.3. The summed E-state index contributed by atoms with van der Waals surface area (Å²) in [5, 5.41) is 0.783. The molecule has 1 aliphatic carbocycles. The van der Waals surface area contributed by atoms with Crippen molar-refractivity contribution in [1.82, 2.24) is 4.57 Å². The van der Waals surface area contributed by atoms with Gasteiger partial charge in [0.05, 0.1) is 18.0 Å². The first kappa shape index (κ1) is 23.9. The van der Waals surface area contributed by atoms with Crippen LogP contribution in [0.4, 0.5) is 13.6 Å². The molecule has 0 spiro atoms. The quantitative estimate of drug-likeness (QED) is 0.455. The zero-order valence-corrected chi connectivity index (χ0v) is 21.2. The molecule has 7 heteroatoms. The normalized spacial score (nSPS) is 19.0. The van der Waals surface area contributed by atoms with Gasteiger partial charge in [-0.1, -0.05) is 26.8 Å². The molecule has 31 heavy (non-hydrogen) atoms. The third-order valence-electron chi connectivity index (χ3n) is 6.48. The number of hydrogen-bond acceptors (Lipinski definition) is 3. The number of rotatable bonds is 4. The van der Waals surface area contributed by atoms with Crippen molar-refractivity contribution >= 4 is 25.3 Å². The third-order valence-corrected chi connectivity index (χ3v) is 11.0. The van der Waals surface area contributed by atoms with Crippen LogP contribution in [0.2, 0.25) is 18.1 Å². The Labute approximate surface area is 185 Å². The number of carbonyl (C=O) groups excluding carboxylic acids is 1. The van der Waals surface area contributed by atoms with Gasteiger partial charge in [0.15, 0.2) is 8.32 Å². The van der Waals surface area contributed by atoms with Crippen LogP contribution < -0.4 is 0 Å². The second-order valence-corrected chi connectivity index (χ2v) is 16.1. The van der Waals surface area contributed by atoms with E-state index in [2.05, 4.69) is 33.9 Å². The lowest BCUT2D eigenvalue weighted by molar-refractivity contribution is 0.0544. The topological polar surface area (TPSA) is 40.5 Å². The number of halogens is 2. The summed E-state index contributed by atoms with van der Waals surface area (Å²) >= 11 is 0. The Morgan fingerprint density at radius 2 is 1.81 bits per heavy atom. The van der Waals surface area contributed by atoms with Gasteiger partial charge in [-0.2, -0.15) is 0 Å². The molecule has 0 bridgehead atoms. The van der Waals surface area contributed by atoms with E-state index in [0.29, 0.717) is 11.1 Å². The fourth-order valence-electron chi connectivity index (χ4n) is 3.58. The van der Waals surface area contributed by atoms with Gasteiger partial charge in [-0.25, -0.2) is 13.6 Å². The number of fused-ring (bicyclic) bond motifs is 1. The van der Waals surface area contributed by atoms with E-state index >= 15 is 0 Å². The summed E-state index contributed by atoms with van der Waals surface area (Å²) in [7, 11) is -2.09. The molecule has 3 rings (SSSR count). The minimum Gasteiger partial charge on any atom is -0.443 e. The van der Waals surface area contributed by atoms with E-state index < -0.39 is 31.9 Å². The Kier molecular flexibility index (Phi) is 5.72. The van der Waals surface area contributed by atoms with Crippen molar-refractivity contribution in [3.8, 4) is 0 Å². The molecule has 0 N–H and O–H groups in total. The van der Waals surface area contributed by atoms with Gasteiger partial charge >= 0.3 is 6.09 Å². The molecule has 1 aliphatic rings. The van der Waals surface area contributed by atoms with Crippen molar-refractivity contribution in [2.45, 2.75) is 97.1 Å². The van der Waals surface area contributed by atoms with Gasteiger partial charge in [0, 0.05) is 18.0 Å². The minimum atomic E-state index is -2.68. The fourth-order valence-corrected chi connectivity index (χ4v) is 4.52. The number of hydrogen-bond donors (Lipinski definition) is 0. The highest BCUT2D eigenvalue weighted by Crippen LogP contribution is 2.57. The summed E-state index contributed by atoms with van der Waals surface area (Å²) in [4.78, 5) is 12.8. The number of benzene rings is 1. The molecule has 1 unspecified atom stereocenters. The molecule has 0 aliphatic heterocycles. The Hall–Kier alpha value is -1.73. The lowest BCUT2D eigenvalue weighted by atomic mass is 9.96. The summed E-state index contributed by atoms with van der Waals surface area (Å²) in [6.07, 6.45) is 1.04. The molecular weight excluding hydrogens is 416 g/mol. The molecule has 1 aromatic heterocycles. The molecule has 0 radical (unpaired) electrons. The second kappa shape index (κ2) is 7.41. The van der Waals surface area contributed by atoms with E-state index in [4.69, 9.17) is 9.16 Å². The molecule has 1 saturated carbocycles. The standard InChI is InChI=1S/C24H35F2NO3Si/c1-15-12-17(19-13-24(19,25)26)18(14-29-31(8,9)23(5,6)7)16-10-11-27(20(15)16)21(28)30-22(2,3)4/h10-12,19H,13-14H2,1-9H3. The maximum Gasteiger partial charge on any atom is 0.418 e. The van der Waals surface area contributed by atoms with Crippen LogP contribution >= 0.6 is 0 Å². The van der Waals surface area contributed by atoms with Gasteiger partial charge in [0.1, 0.15) is 5.60 Å². The maximum absolute atomic E-state index is 14.1. The van der Waals surface area contributed by atoms with Crippen LogP contribution in [-0.2, 0) is 15.8 Å². The van der Waals surface area contributed by atoms with Gasteiger partial charge in [-0.15, -0.1) is 0 Å². The number of nitrogens with zero attached hydrogens (tertiary/aromatic N) is 1. The lowest BCUT2D eigenvalue weighted by Crippen LogP contribution is -2.40. The van der Waals surface area contributed by atoms with Crippen LogP contribution in [0.3, 0.4) is 0 Å². The van der Waals surface area contributed by atoms with Crippen molar-refractivity contribution in [3.63, 3.8) is 0 Å². The number of ether oxygens (including phenoxy) is 1. The van der Waals surface area contributed by atoms with Gasteiger partial charge in [-0.05, 0) is 68.6 Å². The first-order chi connectivity index (χ1) is 13.9. The highest BCUT2D eigenvalue weighted by atomic mass is 28.4. The average Bonchev–Trinajstić information content (AvgIpc) is 3.00. The van der Waals surface area contributed by atoms with Crippen LogP contribution in [0.5, 0.6) is 0 Å². The van der Waals surface area contributed by atoms with Crippen LogP contribution in [-0.4, -0.2) is 30.5 Å². The zero-order valence-electron chi connectivity index (χ0n) is 20.2. The summed E-state index contributed by atoms with van der Waals surface area (Å²) in [5.41, 5.74) is 2.23. The average molecular weight is 452 g/mol. The number of aromatic nitrogens is 1. The lowest BCUT2D eigenvalue weighted by Gasteiger charge is -2.36. The molecule has 172 valence electrons. The predicted octanol–water partition coefficient (Wildman–Crippen LogP) is 7.38. The van der Waals surface area contributed by atoms with Crippen molar-refractivity contribution < 1.29 is 22.7 Å². The molecule has 1 atom stereocenters. The van der Waals surface area contributed by atoms with Crippen molar-refractivity contribution in [2.75, 3.05) is 0 Å². The van der Waals surface area contributed by atoms with E-state index in [-0.39, 0.29) is 18.1 Å². The number of alkyl halides is 2.